The molecule has 11 heteroatoms. The fourth-order valence-corrected chi connectivity index (χ4v) is 5.12. The van der Waals surface area contributed by atoms with E-state index in [-0.39, 0.29) is 5.52 Å². The van der Waals surface area contributed by atoms with Gasteiger partial charge in [-0.1, -0.05) is 5.21 Å². The predicted octanol–water partition coefficient (Wildman–Crippen LogP) is 3.78. The van der Waals surface area contributed by atoms with Gasteiger partial charge in [-0.25, -0.2) is 21.9 Å². The molecule has 0 amide bonds. The molecule has 0 spiro atoms. The largest absolute Gasteiger partial charge is 0.359 e. The Morgan fingerprint density at radius 3 is 2.50 bits per heavy atom. The second-order valence-electron chi connectivity index (χ2n) is 8.54. The minimum Gasteiger partial charge on any atom is -0.359 e. The summed E-state index contributed by atoms with van der Waals surface area (Å²) in [6, 6.07) is 3.69. The van der Waals surface area contributed by atoms with E-state index in [1.54, 1.807) is 11.6 Å². The van der Waals surface area contributed by atoms with Gasteiger partial charge in [-0.3, -0.25) is 0 Å². The first kappa shape index (κ1) is 20.6. The molecule has 0 aliphatic carbocycles. The molecule has 1 N–H and O–H groups in total. The Labute approximate surface area is 182 Å². The van der Waals surface area contributed by atoms with Crippen LogP contribution in [-0.4, -0.2) is 38.9 Å². The summed E-state index contributed by atoms with van der Waals surface area (Å²) in [4.78, 5) is 0. The van der Waals surface area contributed by atoms with Crippen molar-refractivity contribution in [1.82, 2.24) is 24.2 Å². The van der Waals surface area contributed by atoms with E-state index in [9.17, 15) is 12.8 Å². The van der Waals surface area contributed by atoms with Gasteiger partial charge in [-0.15, -0.1) is 5.10 Å². The van der Waals surface area contributed by atoms with Gasteiger partial charge in [-0.05, 0) is 56.5 Å². The molecular weight excluding hydrogens is 438 g/mol. The highest BCUT2D eigenvalue weighted by molar-refractivity contribution is 7.89. The zero-order valence-electron chi connectivity index (χ0n) is 18.0. The molecule has 5 rings (SSSR count). The lowest BCUT2D eigenvalue weighted by molar-refractivity contribution is 0.357. The number of aromatic nitrogens is 5. The maximum atomic E-state index is 15.4. The average molecular weight is 458 g/mol. The molecule has 0 atom stereocenters. The van der Waals surface area contributed by atoms with E-state index in [4.69, 9.17) is 0 Å². The second kappa shape index (κ2) is 6.35. The van der Waals surface area contributed by atoms with Crippen LogP contribution in [0.5, 0.6) is 0 Å². The first-order chi connectivity index (χ1) is 14.9. The molecule has 0 radical (unpaired) electrons. The molecule has 1 aliphatic rings. The molecule has 3 heterocycles. The Bertz CT molecular complexity index is 1550. The van der Waals surface area contributed by atoms with E-state index < -0.39 is 27.3 Å². The van der Waals surface area contributed by atoms with Gasteiger partial charge in [0.2, 0.25) is 0 Å². The molecule has 1 aliphatic heterocycles. The monoisotopic (exact) mass is 458 g/mol. The Kier molecular flexibility index (Phi) is 4.08. The number of anilines is 1. The molecule has 0 bridgehead atoms. The number of fused-ring (bicyclic) bond motifs is 4. The van der Waals surface area contributed by atoms with Crippen LogP contribution < -0.4 is 5.32 Å². The first-order valence-corrected chi connectivity index (χ1v) is 11.7. The van der Waals surface area contributed by atoms with Gasteiger partial charge in [0.1, 0.15) is 17.3 Å². The van der Waals surface area contributed by atoms with Crippen LogP contribution in [0, 0.1) is 25.5 Å². The summed E-state index contributed by atoms with van der Waals surface area (Å²) in [5, 5.41) is 15.9. The van der Waals surface area contributed by atoms with Gasteiger partial charge in [0.15, 0.2) is 0 Å². The van der Waals surface area contributed by atoms with Gasteiger partial charge < -0.3 is 5.32 Å². The maximum Gasteiger partial charge on any atom is 0.251 e. The van der Waals surface area contributed by atoms with Crippen LogP contribution in [0.4, 0.5) is 14.5 Å². The highest BCUT2D eigenvalue weighted by Gasteiger charge is 2.36. The molecular formula is C21H20F2N6O2S. The van der Waals surface area contributed by atoms with E-state index in [1.807, 2.05) is 20.8 Å². The molecule has 166 valence electrons. The van der Waals surface area contributed by atoms with Crippen LogP contribution >= 0.6 is 0 Å². The van der Waals surface area contributed by atoms with Gasteiger partial charge in [0.05, 0.1) is 35.0 Å². The molecule has 0 saturated heterocycles. The quantitative estimate of drug-likeness (QED) is 0.491. The fourth-order valence-electron chi connectivity index (χ4n) is 4.40. The van der Waals surface area contributed by atoms with Crippen molar-refractivity contribution in [2.75, 3.05) is 11.6 Å². The lowest BCUT2D eigenvalue weighted by Gasteiger charge is -2.36. The van der Waals surface area contributed by atoms with Crippen molar-refractivity contribution < 1.29 is 17.2 Å². The van der Waals surface area contributed by atoms with Crippen LogP contribution in [-0.2, 0) is 15.7 Å². The molecule has 0 unspecified atom stereocenters. The number of nitrogens with zero attached hydrogens (tertiary/aromatic N) is 5. The summed E-state index contributed by atoms with van der Waals surface area (Å²) >= 11 is 0. The zero-order valence-corrected chi connectivity index (χ0v) is 18.8. The highest BCUT2D eigenvalue weighted by Crippen LogP contribution is 2.46. The lowest BCUT2D eigenvalue weighted by atomic mass is 9.89. The predicted molar refractivity (Wildman–Crippen MR) is 117 cm³/mol. The third-order valence-corrected chi connectivity index (χ3v) is 6.72. The number of hydrogen-bond acceptors (Lipinski definition) is 6. The van der Waals surface area contributed by atoms with Crippen molar-refractivity contribution in [3.8, 4) is 22.4 Å². The van der Waals surface area contributed by atoms with Gasteiger partial charge >= 0.3 is 0 Å². The molecule has 2 aromatic heterocycles. The van der Waals surface area contributed by atoms with Crippen molar-refractivity contribution in [3.05, 3.63) is 47.3 Å². The van der Waals surface area contributed by atoms with Gasteiger partial charge in [0, 0.05) is 17.0 Å². The Balaban J connectivity index is 1.86. The second-order valence-corrected chi connectivity index (χ2v) is 10.3. The SMILES string of the molecule is Cc1nnn2c1-c1c(C)c(-c3cc(F)cc4c3cnn4S(C)(=O)=O)cc(F)c1NC2(C)C. The van der Waals surface area contributed by atoms with Crippen molar-refractivity contribution in [1.29, 1.82) is 0 Å². The summed E-state index contributed by atoms with van der Waals surface area (Å²) in [5.74, 6) is -1.17. The van der Waals surface area contributed by atoms with Gasteiger partial charge in [-0.2, -0.15) is 9.19 Å². The normalized spacial score (nSPS) is 14.8. The van der Waals surface area contributed by atoms with E-state index >= 15 is 4.39 Å². The molecule has 0 fully saturated rings. The molecule has 0 saturated carbocycles. The molecule has 2 aromatic carbocycles. The standard InChI is InChI=1S/C21H20F2N6O2S/c1-10-13(14-6-12(22)7-17-15(14)9-24-29(17)32(5,30)31)8-16(23)19-18(10)20-11(2)26-27-28(20)21(3,4)25-19/h6-9,25H,1-5H3. The van der Waals surface area contributed by atoms with Crippen LogP contribution in [0.2, 0.25) is 0 Å². The van der Waals surface area contributed by atoms with Crippen molar-refractivity contribution in [2.24, 2.45) is 0 Å². The summed E-state index contributed by atoms with van der Waals surface area (Å²) in [7, 11) is -3.75. The Morgan fingerprint density at radius 1 is 1.09 bits per heavy atom. The highest BCUT2D eigenvalue weighted by atomic mass is 32.2. The Morgan fingerprint density at radius 2 is 1.81 bits per heavy atom. The van der Waals surface area contributed by atoms with E-state index in [0.29, 0.717) is 44.7 Å². The number of benzene rings is 2. The smallest absolute Gasteiger partial charge is 0.251 e. The van der Waals surface area contributed by atoms with E-state index in [1.165, 1.54) is 18.3 Å². The minimum absolute atomic E-state index is 0.0853. The average Bonchev–Trinajstić information content (AvgIpc) is 3.28. The molecule has 4 aromatic rings. The van der Waals surface area contributed by atoms with Crippen LogP contribution in [0.1, 0.15) is 25.1 Å². The number of aryl methyl sites for hydroxylation is 1. The van der Waals surface area contributed by atoms with Crippen LogP contribution in [0.25, 0.3) is 33.3 Å². The van der Waals surface area contributed by atoms with E-state index in [0.717, 1.165) is 16.4 Å². The minimum atomic E-state index is -3.75. The first-order valence-electron chi connectivity index (χ1n) is 9.83. The third-order valence-electron chi connectivity index (χ3n) is 5.80. The molecule has 32 heavy (non-hydrogen) atoms. The van der Waals surface area contributed by atoms with Crippen LogP contribution in [0.3, 0.4) is 0 Å². The lowest BCUT2D eigenvalue weighted by Crippen LogP contribution is -2.40. The number of rotatable bonds is 2. The Hall–Kier alpha value is -3.34. The number of halogens is 2. The maximum absolute atomic E-state index is 15.4. The van der Waals surface area contributed by atoms with E-state index in [2.05, 4.69) is 20.7 Å². The number of nitrogens with one attached hydrogen (secondary N) is 1. The summed E-state index contributed by atoms with van der Waals surface area (Å²) in [6.45, 7) is 7.34. The molecule has 8 nitrogen and oxygen atoms in total. The van der Waals surface area contributed by atoms with Crippen molar-refractivity contribution >= 4 is 26.6 Å². The summed E-state index contributed by atoms with van der Waals surface area (Å²) < 4.78 is 56.7. The number of hydrogen-bond donors (Lipinski definition) is 1. The third kappa shape index (κ3) is 2.77. The fraction of sp³-hybridized carbons (Fsp3) is 0.286. The summed E-state index contributed by atoms with van der Waals surface area (Å²) in [5.41, 5.74) is 3.01. The summed E-state index contributed by atoms with van der Waals surface area (Å²) in [6.07, 6.45) is 2.33. The zero-order chi connectivity index (χ0) is 23.2. The van der Waals surface area contributed by atoms with Gasteiger partial charge in [0.25, 0.3) is 10.0 Å². The topological polar surface area (TPSA) is 94.7 Å². The van der Waals surface area contributed by atoms with Crippen molar-refractivity contribution in [3.63, 3.8) is 0 Å². The van der Waals surface area contributed by atoms with Crippen molar-refractivity contribution in [2.45, 2.75) is 33.4 Å². The van der Waals surface area contributed by atoms with Crippen LogP contribution in [0.15, 0.2) is 24.4 Å².